The Labute approximate surface area is 220 Å². The number of carbonyl (C=O) groups excluding carboxylic acids is 2. The van der Waals surface area contributed by atoms with E-state index in [0.717, 1.165) is 6.07 Å². The molecule has 39 heavy (non-hydrogen) atoms. The van der Waals surface area contributed by atoms with Crippen molar-refractivity contribution in [2.24, 2.45) is 5.92 Å². The van der Waals surface area contributed by atoms with Gasteiger partial charge in [-0.05, 0) is 43.9 Å². The molecule has 1 saturated carbocycles. The molecule has 0 bridgehead atoms. The van der Waals surface area contributed by atoms with Crippen LogP contribution in [0.3, 0.4) is 0 Å². The number of amides is 1. The fourth-order valence-corrected chi connectivity index (χ4v) is 5.07. The molecule has 4 aromatic rings. The molecular weight excluding hydrogens is 509 g/mol. The van der Waals surface area contributed by atoms with Gasteiger partial charge in [0, 0.05) is 53.4 Å². The van der Waals surface area contributed by atoms with Gasteiger partial charge in [0.15, 0.2) is 5.78 Å². The zero-order chi connectivity index (χ0) is 27.7. The SMILES string of the molecule is O=C(Nc1nc2cc(F)ccc2n1[C@H]1CC[C@H](C(=O)c2cccc([N+](=O)[O-])c2)CC1)c1cccc([N+](=O)[O-])c1. The number of carbonyl (C=O) groups is 2. The summed E-state index contributed by atoms with van der Waals surface area (Å²) in [6.07, 6.45) is 2.11. The van der Waals surface area contributed by atoms with Gasteiger partial charge in [-0.3, -0.25) is 35.1 Å². The van der Waals surface area contributed by atoms with Crippen molar-refractivity contribution in [3.8, 4) is 0 Å². The number of nitrogens with zero attached hydrogens (tertiary/aromatic N) is 4. The van der Waals surface area contributed by atoms with Crippen LogP contribution in [0.25, 0.3) is 11.0 Å². The number of nitro groups is 2. The lowest BCUT2D eigenvalue weighted by Gasteiger charge is -2.30. The van der Waals surface area contributed by atoms with E-state index in [1.165, 1.54) is 48.5 Å². The first-order valence-electron chi connectivity index (χ1n) is 12.2. The average Bonchev–Trinajstić information content (AvgIpc) is 3.29. The van der Waals surface area contributed by atoms with Crippen LogP contribution in [0, 0.1) is 32.0 Å². The minimum atomic E-state index is -0.606. The van der Waals surface area contributed by atoms with Crippen molar-refractivity contribution in [1.29, 1.82) is 0 Å². The van der Waals surface area contributed by atoms with Gasteiger partial charge in [-0.15, -0.1) is 0 Å². The van der Waals surface area contributed by atoms with Crippen LogP contribution in [-0.2, 0) is 0 Å². The van der Waals surface area contributed by atoms with E-state index in [1.807, 2.05) is 0 Å². The first-order chi connectivity index (χ1) is 18.7. The lowest BCUT2D eigenvalue weighted by atomic mass is 9.81. The molecule has 0 aliphatic heterocycles. The van der Waals surface area contributed by atoms with Crippen LogP contribution in [-0.4, -0.2) is 31.1 Å². The minimum absolute atomic E-state index is 0.0697. The van der Waals surface area contributed by atoms with Gasteiger partial charge in [0.1, 0.15) is 5.82 Å². The second kappa shape index (κ2) is 10.4. The number of nitrogens with one attached hydrogen (secondary N) is 1. The number of hydrogen-bond acceptors (Lipinski definition) is 7. The standard InChI is InChI=1S/C27H22FN5O6/c28-19-9-12-24-23(15-19)29-27(30-26(35)18-4-2-6-22(14-18)33(38)39)31(24)20-10-7-16(8-11-20)25(34)17-3-1-5-21(13-17)32(36)37/h1-6,9,12-16,20H,7-8,10-11H2,(H,29,30,35)/t16-,20-. The Hall–Kier alpha value is -5.00. The van der Waals surface area contributed by atoms with Crippen LogP contribution in [0.4, 0.5) is 21.7 Å². The first-order valence-corrected chi connectivity index (χ1v) is 12.2. The van der Waals surface area contributed by atoms with Gasteiger partial charge in [-0.1, -0.05) is 18.2 Å². The molecule has 0 radical (unpaired) electrons. The van der Waals surface area contributed by atoms with Crippen molar-refractivity contribution in [2.45, 2.75) is 31.7 Å². The van der Waals surface area contributed by atoms with Crippen LogP contribution in [0.5, 0.6) is 0 Å². The smallest absolute Gasteiger partial charge is 0.270 e. The maximum absolute atomic E-state index is 14.0. The minimum Gasteiger partial charge on any atom is -0.307 e. The molecule has 5 rings (SSSR count). The highest BCUT2D eigenvalue weighted by Crippen LogP contribution is 2.38. The van der Waals surface area contributed by atoms with Crippen molar-refractivity contribution < 1.29 is 23.8 Å². The van der Waals surface area contributed by atoms with Crippen molar-refractivity contribution in [3.05, 3.63) is 104 Å². The van der Waals surface area contributed by atoms with Gasteiger partial charge in [-0.25, -0.2) is 9.37 Å². The predicted octanol–water partition coefficient (Wildman–Crippen LogP) is 5.86. The van der Waals surface area contributed by atoms with Crippen LogP contribution in [0.1, 0.15) is 52.4 Å². The van der Waals surface area contributed by atoms with Crippen molar-refractivity contribution in [3.63, 3.8) is 0 Å². The predicted molar refractivity (Wildman–Crippen MR) is 139 cm³/mol. The molecule has 0 atom stereocenters. The normalized spacial score (nSPS) is 17.1. The van der Waals surface area contributed by atoms with Gasteiger partial charge >= 0.3 is 0 Å². The van der Waals surface area contributed by atoms with E-state index in [1.54, 1.807) is 16.7 Å². The van der Waals surface area contributed by atoms with E-state index in [0.29, 0.717) is 42.3 Å². The molecule has 0 saturated heterocycles. The van der Waals surface area contributed by atoms with Crippen LogP contribution >= 0.6 is 0 Å². The monoisotopic (exact) mass is 531 g/mol. The molecule has 1 fully saturated rings. The van der Waals surface area contributed by atoms with E-state index < -0.39 is 21.6 Å². The molecule has 1 aliphatic rings. The van der Waals surface area contributed by atoms with Gasteiger partial charge in [0.05, 0.1) is 20.9 Å². The topological polar surface area (TPSA) is 150 Å². The van der Waals surface area contributed by atoms with Crippen molar-refractivity contribution >= 4 is 40.0 Å². The molecule has 1 amide bonds. The van der Waals surface area contributed by atoms with E-state index in [-0.39, 0.29) is 40.6 Å². The summed E-state index contributed by atoms with van der Waals surface area (Å²) in [4.78, 5) is 51.6. The third-order valence-electron chi connectivity index (χ3n) is 6.97. The summed E-state index contributed by atoms with van der Waals surface area (Å²) >= 11 is 0. The van der Waals surface area contributed by atoms with E-state index in [9.17, 15) is 34.2 Å². The highest BCUT2D eigenvalue weighted by Gasteiger charge is 2.31. The summed E-state index contributed by atoms with van der Waals surface area (Å²) in [6, 6.07) is 14.9. The number of fused-ring (bicyclic) bond motifs is 1. The number of aromatic nitrogens is 2. The highest BCUT2D eigenvalue weighted by molar-refractivity contribution is 6.04. The molecule has 1 N–H and O–H groups in total. The fraction of sp³-hybridized carbons (Fsp3) is 0.222. The number of anilines is 1. The summed E-state index contributed by atoms with van der Waals surface area (Å²) in [5.41, 5.74) is 0.917. The number of imidazole rings is 1. The molecule has 0 spiro atoms. The lowest BCUT2D eigenvalue weighted by molar-refractivity contribution is -0.385. The molecule has 1 aliphatic carbocycles. The number of halogens is 1. The first kappa shape index (κ1) is 25.6. The van der Waals surface area contributed by atoms with Crippen molar-refractivity contribution in [1.82, 2.24) is 9.55 Å². The van der Waals surface area contributed by atoms with Crippen LogP contribution in [0.15, 0.2) is 66.7 Å². The summed E-state index contributed by atoms with van der Waals surface area (Å²) in [5, 5.41) is 24.9. The lowest BCUT2D eigenvalue weighted by Crippen LogP contribution is -2.25. The number of hydrogen-bond donors (Lipinski definition) is 1. The maximum Gasteiger partial charge on any atom is 0.270 e. The summed E-state index contributed by atoms with van der Waals surface area (Å²) in [5.74, 6) is -1.41. The third-order valence-corrected chi connectivity index (χ3v) is 6.97. The Kier molecular flexibility index (Phi) is 6.84. The Morgan fingerprint density at radius 3 is 2.13 bits per heavy atom. The molecule has 198 valence electrons. The summed E-state index contributed by atoms with van der Waals surface area (Å²) < 4.78 is 15.8. The number of non-ortho nitro benzene ring substituents is 2. The van der Waals surface area contributed by atoms with E-state index in [4.69, 9.17) is 0 Å². The summed E-state index contributed by atoms with van der Waals surface area (Å²) in [6.45, 7) is 0. The van der Waals surface area contributed by atoms with Crippen LogP contribution in [0.2, 0.25) is 0 Å². The average molecular weight is 532 g/mol. The molecular formula is C27H22FN5O6. The quantitative estimate of drug-likeness (QED) is 0.178. The third kappa shape index (κ3) is 5.21. The molecule has 1 aromatic heterocycles. The van der Waals surface area contributed by atoms with Gasteiger partial charge in [-0.2, -0.15) is 0 Å². The zero-order valence-corrected chi connectivity index (χ0v) is 20.5. The number of benzene rings is 3. The Morgan fingerprint density at radius 2 is 1.49 bits per heavy atom. The number of Topliss-reactive ketones (excluding diaryl/α,β-unsaturated/α-hetero) is 1. The van der Waals surface area contributed by atoms with Gasteiger partial charge in [0.25, 0.3) is 17.3 Å². The second-order valence-electron chi connectivity index (χ2n) is 9.38. The van der Waals surface area contributed by atoms with E-state index in [2.05, 4.69) is 10.3 Å². The number of rotatable bonds is 7. The van der Waals surface area contributed by atoms with Crippen molar-refractivity contribution in [2.75, 3.05) is 5.32 Å². The molecule has 12 heteroatoms. The molecule has 1 heterocycles. The van der Waals surface area contributed by atoms with Crippen LogP contribution < -0.4 is 5.32 Å². The Morgan fingerprint density at radius 1 is 0.872 bits per heavy atom. The number of nitro benzene ring substituents is 2. The van der Waals surface area contributed by atoms with Gasteiger partial charge in [0.2, 0.25) is 5.95 Å². The molecule has 11 nitrogen and oxygen atoms in total. The summed E-state index contributed by atoms with van der Waals surface area (Å²) in [7, 11) is 0. The van der Waals surface area contributed by atoms with Gasteiger partial charge < -0.3 is 4.57 Å². The second-order valence-corrected chi connectivity index (χ2v) is 9.38. The Bertz CT molecular complexity index is 1630. The maximum atomic E-state index is 14.0. The molecule has 0 unspecified atom stereocenters. The fourth-order valence-electron chi connectivity index (χ4n) is 5.07. The highest BCUT2D eigenvalue weighted by atomic mass is 19.1. The zero-order valence-electron chi connectivity index (χ0n) is 20.5. The number of ketones is 1. The van der Waals surface area contributed by atoms with E-state index >= 15 is 0 Å². The largest absolute Gasteiger partial charge is 0.307 e. The molecule has 3 aromatic carbocycles. The Balaban J connectivity index is 1.39.